The van der Waals surface area contributed by atoms with Crippen molar-refractivity contribution in [2.75, 3.05) is 5.32 Å². The van der Waals surface area contributed by atoms with Gasteiger partial charge in [0.2, 0.25) is 5.91 Å². The van der Waals surface area contributed by atoms with Gasteiger partial charge in [-0.2, -0.15) is 0 Å². The molecule has 0 aliphatic heterocycles. The summed E-state index contributed by atoms with van der Waals surface area (Å²) in [5.74, 6) is -0.396. The number of anilines is 1. The molecule has 4 heteroatoms. The Bertz CT molecular complexity index is 403. The molecule has 0 bridgehead atoms. The van der Waals surface area contributed by atoms with Crippen LogP contribution in [0.2, 0.25) is 0 Å². The molecule has 0 saturated heterocycles. The average molecular weight is 205 g/mol. The predicted octanol–water partition coefficient (Wildman–Crippen LogP) is 0.605. The first-order chi connectivity index (χ1) is 7.08. The van der Waals surface area contributed by atoms with E-state index in [0.717, 1.165) is 17.7 Å². The second-order valence-corrected chi connectivity index (χ2v) is 4.04. The van der Waals surface area contributed by atoms with Crippen molar-refractivity contribution in [3.63, 3.8) is 0 Å². The topological polar surface area (TPSA) is 81.1 Å². The number of carbonyl (C=O) groups is 1. The van der Waals surface area contributed by atoms with Crippen molar-refractivity contribution in [2.45, 2.75) is 25.4 Å². The van der Waals surface area contributed by atoms with Gasteiger partial charge in [-0.1, -0.05) is 0 Å². The van der Waals surface area contributed by atoms with Crippen LogP contribution in [0.3, 0.4) is 0 Å². The van der Waals surface area contributed by atoms with E-state index < -0.39 is 5.91 Å². The lowest BCUT2D eigenvalue weighted by atomic mass is 10.1. The van der Waals surface area contributed by atoms with Crippen molar-refractivity contribution in [3.05, 3.63) is 29.3 Å². The quantitative estimate of drug-likeness (QED) is 0.676. The zero-order valence-corrected chi connectivity index (χ0v) is 8.66. The minimum atomic E-state index is -0.396. The highest BCUT2D eigenvalue weighted by molar-refractivity contribution is 5.93. The summed E-state index contributed by atoms with van der Waals surface area (Å²) in [6, 6.07) is 6.04. The standard InChI is InChI=1S/C11H15N3O/c1-6-4-7(11(13)15)2-3-9(6)14-10-5-8(10)12/h2-4,8,10,14H,5,12H2,1H3,(H2,13,15). The van der Waals surface area contributed by atoms with E-state index in [9.17, 15) is 4.79 Å². The number of primary amides is 1. The van der Waals surface area contributed by atoms with Gasteiger partial charge in [0.25, 0.3) is 0 Å². The average Bonchev–Trinajstić information content (AvgIpc) is 2.85. The molecule has 0 radical (unpaired) electrons. The van der Waals surface area contributed by atoms with Crippen molar-refractivity contribution >= 4 is 11.6 Å². The van der Waals surface area contributed by atoms with Crippen molar-refractivity contribution in [3.8, 4) is 0 Å². The van der Waals surface area contributed by atoms with Crippen LogP contribution in [0.5, 0.6) is 0 Å². The molecule has 1 amide bonds. The van der Waals surface area contributed by atoms with Crippen LogP contribution in [-0.2, 0) is 0 Å². The summed E-state index contributed by atoms with van der Waals surface area (Å²) < 4.78 is 0. The van der Waals surface area contributed by atoms with E-state index in [1.807, 2.05) is 13.0 Å². The van der Waals surface area contributed by atoms with Crippen LogP contribution in [0.15, 0.2) is 18.2 Å². The molecule has 2 unspecified atom stereocenters. The van der Waals surface area contributed by atoms with Gasteiger partial charge in [-0.15, -0.1) is 0 Å². The monoisotopic (exact) mass is 205 g/mol. The van der Waals surface area contributed by atoms with E-state index in [4.69, 9.17) is 11.5 Å². The molecular weight excluding hydrogens is 190 g/mol. The van der Waals surface area contributed by atoms with Gasteiger partial charge in [0.05, 0.1) is 0 Å². The Morgan fingerprint density at radius 1 is 1.53 bits per heavy atom. The second kappa shape index (κ2) is 3.55. The van der Waals surface area contributed by atoms with Gasteiger partial charge in [-0.25, -0.2) is 0 Å². The SMILES string of the molecule is Cc1cc(C(N)=O)ccc1NC1CC1N. The molecule has 1 aliphatic rings. The molecular formula is C11H15N3O. The number of nitrogens with two attached hydrogens (primary N) is 2. The molecule has 1 saturated carbocycles. The van der Waals surface area contributed by atoms with Crippen molar-refractivity contribution in [2.24, 2.45) is 11.5 Å². The summed E-state index contributed by atoms with van der Waals surface area (Å²) in [4.78, 5) is 10.9. The molecule has 1 fully saturated rings. The summed E-state index contributed by atoms with van der Waals surface area (Å²) in [5.41, 5.74) is 13.5. The van der Waals surface area contributed by atoms with Crippen LogP contribution in [0, 0.1) is 6.92 Å². The van der Waals surface area contributed by atoms with Crippen LogP contribution < -0.4 is 16.8 Å². The maximum atomic E-state index is 10.9. The number of aryl methyl sites for hydroxylation is 1. The van der Waals surface area contributed by atoms with E-state index >= 15 is 0 Å². The van der Waals surface area contributed by atoms with Gasteiger partial charge in [0, 0.05) is 23.3 Å². The predicted molar refractivity (Wildman–Crippen MR) is 59.7 cm³/mol. The van der Waals surface area contributed by atoms with Crippen molar-refractivity contribution in [1.82, 2.24) is 0 Å². The molecule has 1 aromatic rings. The third-order valence-electron chi connectivity index (χ3n) is 2.69. The van der Waals surface area contributed by atoms with Gasteiger partial charge < -0.3 is 16.8 Å². The Morgan fingerprint density at radius 3 is 2.67 bits per heavy atom. The van der Waals surface area contributed by atoms with Crippen LogP contribution in [0.4, 0.5) is 5.69 Å². The fraction of sp³-hybridized carbons (Fsp3) is 0.364. The molecule has 0 spiro atoms. The second-order valence-electron chi connectivity index (χ2n) is 4.04. The van der Waals surface area contributed by atoms with E-state index in [2.05, 4.69) is 5.32 Å². The smallest absolute Gasteiger partial charge is 0.248 e. The molecule has 2 rings (SSSR count). The molecule has 0 aromatic heterocycles. The Balaban J connectivity index is 2.15. The van der Waals surface area contributed by atoms with Gasteiger partial charge in [-0.3, -0.25) is 4.79 Å². The van der Waals surface area contributed by atoms with Crippen LogP contribution in [0.1, 0.15) is 22.3 Å². The number of carbonyl (C=O) groups excluding carboxylic acids is 1. The number of nitrogens with one attached hydrogen (secondary N) is 1. The molecule has 1 aliphatic carbocycles. The van der Waals surface area contributed by atoms with E-state index in [-0.39, 0.29) is 6.04 Å². The number of hydrogen-bond donors (Lipinski definition) is 3. The molecule has 1 aromatic carbocycles. The lowest BCUT2D eigenvalue weighted by molar-refractivity contribution is 0.100. The highest BCUT2D eigenvalue weighted by atomic mass is 16.1. The Labute approximate surface area is 88.6 Å². The Hall–Kier alpha value is -1.55. The van der Waals surface area contributed by atoms with E-state index in [1.54, 1.807) is 12.1 Å². The normalized spacial score (nSPS) is 23.6. The zero-order chi connectivity index (χ0) is 11.0. The number of rotatable bonds is 3. The van der Waals surface area contributed by atoms with Gasteiger partial charge in [0.15, 0.2) is 0 Å². The van der Waals surface area contributed by atoms with Gasteiger partial charge >= 0.3 is 0 Å². The third kappa shape index (κ3) is 2.10. The minimum absolute atomic E-state index is 0.264. The first kappa shape index (κ1) is 9.98. The lowest BCUT2D eigenvalue weighted by Crippen LogP contribution is -2.15. The first-order valence-electron chi connectivity index (χ1n) is 5.00. The summed E-state index contributed by atoms with van der Waals surface area (Å²) in [6.07, 6.45) is 1.01. The Kier molecular flexibility index (Phi) is 2.36. The fourth-order valence-corrected chi connectivity index (χ4v) is 1.56. The number of hydrogen-bond acceptors (Lipinski definition) is 3. The molecule has 15 heavy (non-hydrogen) atoms. The highest BCUT2D eigenvalue weighted by Gasteiger charge is 2.33. The fourth-order valence-electron chi connectivity index (χ4n) is 1.56. The van der Waals surface area contributed by atoms with Crippen LogP contribution in [0.25, 0.3) is 0 Å². The van der Waals surface area contributed by atoms with Gasteiger partial charge in [-0.05, 0) is 37.1 Å². The maximum Gasteiger partial charge on any atom is 0.248 e. The third-order valence-corrected chi connectivity index (χ3v) is 2.69. The van der Waals surface area contributed by atoms with Gasteiger partial charge in [0.1, 0.15) is 0 Å². The first-order valence-corrected chi connectivity index (χ1v) is 5.00. The molecule has 2 atom stereocenters. The van der Waals surface area contributed by atoms with Crippen LogP contribution in [-0.4, -0.2) is 18.0 Å². The Morgan fingerprint density at radius 2 is 2.20 bits per heavy atom. The lowest BCUT2D eigenvalue weighted by Gasteiger charge is -2.09. The molecule has 80 valence electrons. The summed E-state index contributed by atoms with van der Waals surface area (Å²) in [5, 5.41) is 3.32. The molecule has 5 N–H and O–H groups in total. The molecule has 0 heterocycles. The van der Waals surface area contributed by atoms with Crippen molar-refractivity contribution in [1.29, 1.82) is 0 Å². The summed E-state index contributed by atoms with van der Waals surface area (Å²) in [6.45, 7) is 1.95. The largest absolute Gasteiger partial charge is 0.380 e. The molecule has 4 nitrogen and oxygen atoms in total. The zero-order valence-electron chi connectivity index (χ0n) is 8.66. The number of benzene rings is 1. The van der Waals surface area contributed by atoms with Crippen LogP contribution >= 0.6 is 0 Å². The minimum Gasteiger partial charge on any atom is -0.380 e. The summed E-state index contributed by atoms with van der Waals surface area (Å²) in [7, 11) is 0. The highest BCUT2D eigenvalue weighted by Crippen LogP contribution is 2.26. The number of amides is 1. The van der Waals surface area contributed by atoms with E-state index in [0.29, 0.717) is 11.6 Å². The van der Waals surface area contributed by atoms with E-state index in [1.165, 1.54) is 0 Å². The summed E-state index contributed by atoms with van der Waals surface area (Å²) >= 11 is 0. The van der Waals surface area contributed by atoms with Crippen molar-refractivity contribution < 1.29 is 4.79 Å². The maximum absolute atomic E-state index is 10.9.